The summed E-state index contributed by atoms with van der Waals surface area (Å²) in [5.41, 5.74) is 0.972. The van der Waals surface area contributed by atoms with Crippen LogP contribution in [0.5, 0.6) is 0 Å². The fourth-order valence-electron chi connectivity index (χ4n) is 1.93. The molecule has 24 heavy (non-hydrogen) atoms. The van der Waals surface area contributed by atoms with E-state index in [-0.39, 0.29) is 16.4 Å². The minimum Gasteiger partial charge on any atom is -0.478 e. The largest absolute Gasteiger partial charge is 0.478 e. The molecule has 0 fully saturated rings. The average molecular weight is 348 g/mol. The van der Waals surface area contributed by atoms with Crippen LogP contribution in [0, 0.1) is 0 Å². The highest BCUT2D eigenvalue weighted by Crippen LogP contribution is 2.20. The molecule has 2 N–H and O–H groups in total. The van der Waals surface area contributed by atoms with Crippen LogP contribution in [-0.4, -0.2) is 32.4 Å². The highest BCUT2D eigenvalue weighted by molar-refractivity contribution is 7.92. The molecule has 0 aliphatic rings. The summed E-state index contributed by atoms with van der Waals surface area (Å²) in [5.74, 6) is -1.26. The van der Waals surface area contributed by atoms with Gasteiger partial charge in [-0.3, -0.25) is 9.52 Å². The molecular formula is C16H16N2O5S. The van der Waals surface area contributed by atoms with Gasteiger partial charge in [0.1, 0.15) is 0 Å². The Morgan fingerprint density at radius 3 is 2.00 bits per heavy atom. The second-order valence-electron chi connectivity index (χ2n) is 5.06. The Morgan fingerprint density at radius 1 is 1.00 bits per heavy atom. The van der Waals surface area contributed by atoms with Gasteiger partial charge in [-0.25, -0.2) is 13.2 Å². The Balaban J connectivity index is 2.19. The lowest BCUT2D eigenvalue weighted by atomic mass is 10.2. The van der Waals surface area contributed by atoms with Crippen LogP contribution in [0.1, 0.15) is 17.3 Å². The van der Waals surface area contributed by atoms with Crippen molar-refractivity contribution in [3.63, 3.8) is 0 Å². The van der Waals surface area contributed by atoms with Gasteiger partial charge < -0.3 is 10.0 Å². The Labute approximate surface area is 139 Å². The van der Waals surface area contributed by atoms with Gasteiger partial charge in [-0.05, 0) is 48.5 Å². The first-order chi connectivity index (χ1) is 11.2. The summed E-state index contributed by atoms with van der Waals surface area (Å²) >= 11 is 0. The van der Waals surface area contributed by atoms with Crippen LogP contribution in [0.4, 0.5) is 11.4 Å². The van der Waals surface area contributed by atoms with Gasteiger partial charge in [0.05, 0.1) is 10.5 Å². The van der Waals surface area contributed by atoms with Gasteiger partial charge >= 0.3 is 5.97 Å². The number of nitrogens with one attached hydrogen (secondary N) is 1. The number of rotatable bonds is 5. The van der Waals surface area contributed by atoms with Gasteiger partial charge in [0.25, 0.3) is 10.0 Å². The van der Waals surface area contributed by atoms with Crippen molar-refractivity contribution in [2.45, 2.75) is 11.8 Å². The molecule has 0 aliphatic heterocycles. The molecule has 7 nitrogen and oxygen atoms in total. The predicted molar refractivity (Wildman–Crippen MR) is 89.7 cm³/mol. The van der Waals surface area contributed by atoms with Crippen molar-refractivity contribution in [3.05, 3.63) is 54.1 Å². The number of aromatic carboxylic acids is 1. The lowest BCUT2D eigenvalue weighted by molar-refractivity contribution is -0.116. The summed E-state index contributed by atoms with van der Waals surface area (Å²) in [6.45, 7) is 1.43. The molecule has 8 heteroatoms. The smallest absolute Gasteiger partial charge is 0.335 e. The Kier molecular flexibility index (Phi) is 4.89. The van der Waals surface area contributed by atoms with E-state index in [1.165, 1.54) is 48.2 Å². The number of carbonyl (C=O) groups excluding carboxylic acids is 1. The van der Waals surface area contributed by atoms with E-state index in [1.807, 2.05) is 0 Å². The standard InChI is InChI=1S/C16H16N2O5S/c1-11(19)18(2)14-7-5-13(6-8-14)17-24(22,23)15-9-3-12(4-10-15)16(20)21/h3-10,17H,1-2H3,(H,20,21). The van der Waals surface area contributed by atoms with Crippen molar-refractivity contribution in [1.29, 1.82) is 0 Å². The molecule has 126 valence electrons. The van der Waals surface area contributed by atoms with E-state index in [2.05, 4.69) is 4.72 Å². The van der Waals surface area contributed by atoms with Crippen molar-refractivity contribution in [3.8, 4) is 0 Å². The molecule has 0 unspecified atom stereocenters. The van der Waals surface area contributed by atoms with Crippen LogP contribution in [0.25, 0.3) is 0 Å². The molecule has 0 aromatic heterocycles. The zero-order chi connectivity index (χ0) is 17.9. The number of nitrogens with zero attached hydrogens (tertiary/aromatic N) is 1. The second kappa shape index (κ2) is 6.71. The third-order valence-electron chi connectivity index (χ3n) is 3.39. The van der Waals surface area contributed by atoms with Crippen molar-refractivity contribution in [2.75, 3.05) is 16.7 Å². The number of anilines is 2. The maximum absolute atomic E-state index is 12.3. The van der Waals surface area contributed by atoms with Gasteiger partial charge in [-0.15, -0.1) is 0 Å². The van der Waals surface area contributed by atoms with Crippen molar-refractivity contribution >= 4 is 33.3 Å². The third kappa shape index (κ3) is 3.90. The van der Waals surface area contributed by atoms with Crippen molar-refractivity contribution in [2.24, 2.45) is 0 Å². The summed E-state index contributed by atoms with van der Waals surface area (Å²) in [4.78, 5) is 23.5. The number of hydrogen-bond donors (Lipinski definition) is 2. The topological polar surface area (TPSA) is 104 Å². The van der Waals surface area contributed by atoms with Gasteiger partial charge in [-0.2, -0.15) is 0 Å². The van der Waals surface area contributed by atoms with E-state index in [0.717, 1.165) is 0 Å². The number of carboxylic acid groups (broad SMARTS) is 1. The lowest BCUT2D eigenvalue weighted by Crippen LogP contribution is -2.22. The Hall–Kier alpha value is -2.87. The highest BCUT2D eigenvalue weighted by Gasteiger charge is 2.15. The summed E-state index contributed by atoms with van der Waals surface area (Å²) < 4.78 is 27.0. The van der Waals surface area contributed by atoms with Crippen LogP contribution in [0.3, 0.4) is 0 Å². The van der Waals surface area contributed by atoms with Crippen LogP contribution in [-0.2, 0) is 14.8 Å². The molecule has 0 aliphatic carbocycles. The summed E-state index contributed by atoms with van der Waals surface area (Å²) in [7, 11) is -2.21. The van der Waals surface area contributed by atoms with Crippen LogP contribution in [0.2, 0.25) is 0 Å². The SMILES string of the molecule is CC(=O)N(C)c1ccc(NS(=O)(=O)c2ccc(C(=O)O)cc2)cc1. The van der Waals surface area contributed by atoms with Gasteiger partial charge in [0.2, 0.25) is 5.91 Å². The quantitative estimate of drug-likeness (QED) is 0.862. The molecule has 0 atom stereocenters. The lowest BCUT2D eigenvalue weighted by Gasteiger charge is -2.15. The first-order valence-electron chi connectivity index (χ1n) is 6.91. The normalized spacial score (nSPS) is 10.9. The Bertz CT molecular complexity index is 858. The number of hydrogen-bond acceptors (Lipinski definition) is 4. The molecule has 0 radical (unpaired) electrons. The van der Waals surface area contributed by atoms with E-state index in [9.17, 15) is 18.0 Å². The van der Waals surface area contributed by atoms with Crippen molar-refractivity contribution < 1.29 is 23.1 Å². The van der Waals surface area contributed by atoms with E-state index in [1.54, 1.807) is 19.2 Å². The zero-order valence-corrected chi connectivity index (χ0v) is 13.9. The zero-order valence-electron chi connectivity index (χ0n) is 13.1. The molecule has 0 saturated heterocycles. The van der Waals surface area contributed by atoms with Crippen LogP contribution >= 0.6 is 0 Å². The molecule has 2 aromatic carbocycles. The molecule has 2 rings (SSSR count). The molecule has 0 saturated carbocycles. The van der Waals surface area contributed by atoms with Gasteiger partial charge in [0.15, 0.2) is 0 Å². The molecule has 0 bridgehead atoms. The maximum Gasteiger partial charge on any atom is 0.335 e. The molecule has 0 heterocycles. The van der Waals surface area contributed by atoms with Crippen LogP contribution < -0.4 is 9.62 Å². The monoisotopic (exact) mass is 348 g/mol. The minimum absolute atomic E-state index is 0.00516. The maximum atomic E-state index is 12.3. The number of benzene rings is 2. The third-order valence-corrected chi connectivity index (χ3v) is 4.79. The van der Waals surface area contributed by atoms with Crippen LogP contribution in [0.15, 0.2) is 53.4 Å². The fourth-order valence-corrected chi connectivity index (χ4v) is 2.98. The molecular weight excluding hydrogens is 332 g/mol. The van der Waals surface area contributed by atoms with Gasteiger partial charge in [-0.1, -0.05) is 0 Å². The molecule has 1 amide bonds. The van der Waals surface area contributed by atoms with E-state index in [4.69, 9.17) is 5.11 Å². The summed E-state index contributed by atoms with van der Waals surface area (Å²) in [6, 6.07) is 11.2. The van der Waals surface area contributed by atoms with Gasteiger partial charge in [0, 0.05) is 25.3 Å². The predicted octanol–water partition coefficient (Wildman–Crippen LogP) is 2.17. The van der Waals surface area contributed by atoms with Crippen molar-refractivity contribution in [1.82, 2.24) is 0 Å². The van der Waals surface area contributed by atoms with E-state index < -0.39 is 16.0 Å². The first-order valence-corrected chi connectivity index (χ1v) is 8.39. The number of carbonyl (C=O) groups is 2. The first kappa shape index (κ1) is 17.5. The highest BCUT2D eigenvalue weighted by atomic mass is 32.2. The molecule has 2 aromatic rings. The van der Waals surface area contributed by atoms with E-state index >= 15 is 0 Å². The number of sulfonamides is 1. The number of carboxylic acids is 1. The number of amides is 1. The Morgan fingerprint density at radius 2 is 1.54 bits per heavy atom. The fraction of sp³-hybridized carbons (Fsp3) is 0.125. The second-order valence-corrected chi connectivity index (χ2v) is 6.74. The van der Waals surface area contributed by atoms with E-state index in [0.29, 0.717) is 11.4 Å². The summed E-state index contributed by atoms with van der Waals surface area (Å²) in [6.07, 6.45) is 0. The molecule has 0 spiro atoms. The average Bonchev–Trinajstić information content (AvgIpc) is 2.54. The minimum atomic E-state index is -3.83. The summed E-state index contributed by atoms with van der Waals surface area (Å²) in [5, 5.41) is 8.83.